The van der Waals surface area contributed by atoms with Crippen LogP contribution in [-0.2, 0) is 32.7 Å². The summed E-state index contributed by atoms with van der Waals surface area (Å²) in [4.78, 5) is 145. The van der Waals surface area contributed by atoms with Gasteiger partial charge in [0.2, 0.25) is 17.7 Å². The zero-order valence-corrected chi connectivity index (χ0v) is 68.0. The number of rotatable bonds is 20. The minimum Gasteiger partial charge on any atom is -0.477 e. The fraction of sp³-hybridized carbons (Fsp3) is 0.0521. The fourth-order valence-corrected chi connectivity index (χ4v) is 16.6. The highest BCUT2D eigenvalue weighted by molar-refractivity contribution is 6.21. The van der Waals surface area contributed by atoms with Crippen LogP contribution in [0.2, 0.25) is 0 Å². The van der Waals surface area contributed by atoms with Gasteiger partial charge in [-0.2, -0.15) is 0 Å². The van der Waals surface area contributed by atoms with Crippen molar-refractivity contribution >= 4 is 129 Å². The van der Waals surface area contributed by atoms with Crippen LogP contribution in [0.4, 0.5) is 22.0 Å². The van der Waals surface area contributed by atoms with E-state index in [1.807, 2.05) is 0 Å². The Hall–Kier alpha value is -18.2. The van der Waals surface area contributed by atoms with E-state index in [2.05, 4.69) is 19.9 Å². The lowest BCUT2D eigenvalue weighted by Gasteiger charge is -2.11. The molecule has 0 aliphatic rings. The van der Waals surface area contributed by atoms with E-state index in [0.717, 1.165) is 6.07 Å². The second-order valence-electron chi connectivity index (χ2n) is 30.1. The van der Waals surface area contributed by atoms with E-state index >= 15 is 0 Å². The average Bonchev–Trinajstić information content (AvgIpc) is 1.59. The lowest BCUT2D eigenvalue weighted by molar-refractivity contribution is 0.0676. The van der Waals surface area contributed by atoms with Crippen LogP contribution in [0.25, 0.3) is 132 Å². The van der Waals surface area contributed by atoms with Crippen molar-refractivity contribution in [3.63, 3.8) is 0 Å². The van der Waals surface area contributed by atoms with Crippen molar-refractivity contribution in [1.82, 2.24) is 38.2 Å². The zero-order valence-electron chi connectivity index (χ0n) is 68.0. The third-order valence-corrected chi connectivity index (χ3v) is 22.4. The van der Waals surface area contributed by atoms with Gasteiger partial charge in [0.15, 0.2) is 0 Å². The number of aromatic carboxylic acids is 4. The molecule has 16 N–H and O–H groups in total. The van der Waals surface area contributed by atoms with Gasteiger partial charge in [-0.25, -0.2) is 41.1 Å². The van der Waals surface area contributed by atoms with Crippen LogP contribution in [-0.4, -0.2) is 100 Å². The predicted octanol–water partition coefficient (Wildman–Crippen LogP) is 15.4. The number of aromatic amines is 4. The molecule has 0 fully saturated rings. The number of benzene rings is 8. The highest BCUT2D eigenvalue weighted by Gasteiger charge is 2.35. The molecule has 12 aromatic heterocycles. The molecule has 658 valence electrons. The Kier molecular flexibility index (Phi) is 22.5. The van der Waals surface area contributed by atoms with Crippen LogP contribution >= 0.6 is 0 Å². The Morgan fingerprint density at radius 1 is 0.318 bits per heavy atom. The third kappa shape index (κ3) is 15.4. The number of primary amides is 3. The maximum absolute atomic E-state index is 14.9. The lowest BCUT2D eigenvalue weighted by atomic mass is 10.0. The summed E-state index contributed by atoms with van der Waals surface area (Å²) in [5.74, 6) is -10.2. The van der Waals surface area contributed by atoms with E-state index in [-0.39, 0.29) is 177 Å². The van der Waals surface area contributed by atoms with Crippen molar-refractivity contribution in [2.24, 2.45) is 22.9 Å². The number of furan rings is 4. The van der Waals surface area contributed by atoms with Crippen molar-refractivity contribution in [2.45, 2.75) is 32.7 Å². The van der Waals surface area contributed by atoms with Crippen LogP contribution in [0.3, 0.4) is 0 Å². The first-order chi connectivity index (χ1) is 63.5. The van der Waals surface area contributed by atoms with Crippen LogP contribution in [0.1, 0.15) is 101 Å². The first kappa shape index (κ1) is 85.9. The molecular formula is C96H65F5N12O19. The van der Waals surface area contributed by atoms with Crippen molar-refractivity contribution in [2.75, 3.05) is 0 Å². The van der Waals surface area contributed by atoms with Crippen molar-refractivity contribution in [1.29, 1.82) is 0 Å². The predicted molar refractivity (Wildman–Crippen MR) is 474 cm³/mol. The Morgan fingerprint density at radius 3 is 1.08 bits per heavy atom. The number of nitrogens with one attached hydrogen (secondary N) is 4. The van der Waals surface area contributed by atoms with Crippen molar-refractivity contribution < 1.29 is 93.6 Å². The standard InChI is InChI=1S/C24H17F2N3O4.3C24H16FN3O5/c25-16-8-12(10-27)3-4-13(16)11-29-18-9-17(26)14-5-7-33-22(14)20(18)19(21(29)24(31)32)15-2-1-6-28-23(15)30;25-16-10-17-19(21-14(16)6-8-33-21)18(15-5-2-7-27-23(15)30)20(24(31)32)28(17)11-12-3-1-4-13(9-12)22(26)29;25-16-5-3-13(22(26)29)10-14(16)11-28-17-6-4-12-7-9-33-21(12)19(17)18(20(28)24(31)32)15-2-1-8-27-23(15)30;25-16-10-17-19(21-14(16)7-9-33-21)18(15-2-1-8-27-23(15)30)20(24(31)32)28(17)11-12-3-5-13(6-4-12)22(26)29/h1-9H,10-11,27H2,(H,28,30)(H,31,32);3*1-10H,11H2,(H2,26,29)(H,27,30)(H,31,32). The van der Waals surface area contributed by atoms with Gasteiger partial charge in [-0.1, -0.05) is 36.4 Å². The molecule has 0 spiro atoms. The van der Waals surface area contributed by atoms with Crippen molar-refractivity contribution in [3.05, 3.63) is 376 Å². The number of hydrogen-bond donors (Lipinski definition) is 12. The average molecular weight is 1790 g/mol. The van der Waals surface area contributed by atoms with E-state index in [1.165, 1.54) is 171 Å². The molecule has 132 heavy (non-hydrogen) atoms. The molecule has 0 bridgehead atoms. The summed E-state index contributed by atoms with van der Waals surface area (Å²) in [6, 6.07) is 46.2. The minimum absolute atomic E-state index is 0.0182. The number of hydrogen-bond acceptors (Lipinski definition) is 16. The molecule has 0 atom stereocenters. The zero-order chi connectivity index (χ0) is 93.1. The van der Waals surface area contributed by atoms with Gasteiger partial charge < -0.3 is 99.2 Å². The van der Waals surface area contributed by atoms with Crippen LogP contribution in [0.5, 0.6) is 0 Å². The molecule has 0 aliphatic carbocycles. The second kappa shape index (κ2) is 34.6. The number of nitrogens with zero attached hydrogens (tertiary/aromatic N) is 4. The van der Waals surface area contributed by atoms with E-state index in [1.54, 1.807) is 78.9 Å². The van der Waals surface area contributed by atoms with E-state index < -0.39 is 92.9 Å². The van der Waals surface area contributed by atoms with Gasteiger partial charge in [0.05, 0.1) is 120 Å². The highest BCUT2D eigenvalue weighted by Crippen LogP contribution is 2.46. The van der Waals surface area contributed by atoms with Gasteiger partial charge in [0.1, 0.15) is 74.2 Å². The monoisotopic (exact) mass is 1780 g/mol. The number of carbonyl (C=O) groups is 7. The van der Waals surface area contributed by atoms with Crippen LogP contribution in [0, 0.1) is 29.1 Å². The summed E-state index contributed by atoms with van der Waals surface area (Å²) in [6.45, 7) is -0.275. The normalized spacial score (nSPS) is 11.3. The molecule has 12 heterocycles. The number of carbonyl (C=O) groups excluding carboxylic acids is 3. The lowest BCUT2D eigenvalue weighted by Crippen LogP contribution is -2.15. The number of pyridine rings is 4. The molecular weight excluding hydrogens is 1720 g/mol. The highest BCUT2D eigenvalue weighted by atomic mass is 19.1. The largest absolute Gasteiger partial charge is 0.477 e. The first-order valence-electron chi connectivity index (χ1n) is 39.7. The topological polar surface area (TPSA) is 508 Å². The van der Waals surface area contributed by atoms with E-state index in [0.29, 0.717) is 54.9 Å². The summed E-state index contributed by atoms with van der Waals surface area (Å²) in [7, 11) is 0. The Balaban J connectivity index is 0.000000123. The summed E-state index contributed by atoms with van der Waals surface area (Å²) in [5, 5.41) is 43.2. The van der Waals surface area contributed by atoms with Gasteiger partial charge >= 0.3 is 23.9 Å². The first-order valence-corrected chi connectivity index (χ1v) is 39.7. The minimum atomic E-state index is -1.36. The molecule has 3 amide bonds. The SMILES string of the molecule is NC(=O)c1ccc(Cn2c(C(=O)O)c(-c3ccc[nH]c3=O)c3c4occc4c(F)cc32)cc1.NC(=O)c1ccc(F)c(Cn2c(C(=O)O)c(-c3ccc[nH]c3=O)c3c4occc4ccc32)c1.NC(=O)c1cccc(Cn2c(C(=O)O)c(-c3ccc[nH]c3=O)c3c4occc4c(F)cc32)c1.NCc1ccc(Cn2c(C(=O)O)c(-c3ccc[nH]c3=O)c3c4occc4c(F)cc32)c(F)c1. The number of fused-ring (bicyclic) bond motifs is 12. The molecule has 8 aromatic carbocycles. The van der Waals surface area contributed by atoms with Gasteiger partial charge in [0.25, 0.3) is 22.2 Å². The summed E-state index contributed by atoms with van der Waals surface area (Å²) < 4.78 is 102. The molecule has 0 aliphatic heterocycles. The van der Waals surface area contributed by atoms with Gasteiger partial charge in [-0.3, -0.25) is 33.6 Å². The fourth-order valence-electron chi connectivity index (χ4n) is 16.6. The Labute approximate surface area is 733 Å². The number of halogens is 5. The maximum Gasteiger partial charge on any atom is 0.353 e. The second-order valence-corrected chi connectivity index (χ2v) is 30.1. The molecule has 20 aromatic rings. The number of nitrogens with two attached hydrogens (primary N) is 4. The molecule has 36 heteroatoms. The smallest absolute Gasteiger partial charge is 0.353 e. The molecule has 20 rings (SSSR count). The number of carboxylic acid groups (broad SMARTS) is 4. The summed E-state index contributed by atoms with van der Waals surface area (Å²) in [5.41, 5.74) is 24.1. The Morgan fingerprint density at radius 2 is 0.682 bits per heavy atom. The number of amides is 3. The molecule has 31 nitrogen and oxygen atoms in total. The molecule has 0 radical (unpaired) electrons. The van der Waals surface area contributed by atoms with E-state index in [4.69, 9.17) is 40.6 Å². The van der Waals surface area contributed by atoms with E-state index in [9.17, 15) is 95.1 Å². The van der Waals surface area contributed by atoms with Gasteiger partial charge in [0, 0.05) is 99.9 Å². The van der Waals surface area contributed by atoms with Crippen LogP contribution < -0.4 is 45.2 Å². The molecule has 0 saturated heterocycles. The number of carboxylic acids is 4. The number of aromatic nitrogens is 8. The van der Waals surface area contributed by atoms with Crippen LogP contribution in [0.15, 0.2) is 275 Å². The Bertz CT molecular complexity index is 8480. The maximum atomic E-state index is 14.9. The quantitative estimate of drug-likeness (QED) is 0.0315. The molecule has 0 saturated carbocycles. The summed E-state index contributed by atoms with van der Waals surface area (Å²) >= 11 is 0. The van der Waals surface area contributed by atoms with Gasteiger partial charge in [-0.05, 0) is 168 Å². The third-order valence-electron chi connectivity index (χ3n) is 22.4. The summed E-state index contributed by atoms with van der Waals surface area (Å²) in [6.07, 6.45) is 11.1. The van der Waals surface area contributed by atoms with Gasteiger partial charge in [-0.15, -0.1) is 0 Å². The van der Waals surface area contributed by atoms with Crippen molar-refractivity contribution in [3.8, 4) is 44.5 Å². The number of H-pyrrole nitrogens is 4. The molecule has 0 unspecified atom stereocenters.